The summed E-state index contributed by atoms with van der Waals surface area (Å²) in [5.74, 6) is -0.638. The molecule has 0 saturated carbocycles. The monoisotopic (exact) mass is 301 g/mol. The van der Waals surface area contributed by atoms with Crippen LogP contribution in [0.2, 0.25) is 0 Å². The SMILES string of the molecule is N[C@@H](c1cccs1)c1ccc(F)c(Br)c1O. The maximum atomic E-state index is 13.1. The molecule has 1 heterocycles. The van der Waals surface area contributed by atoms with Crippen molar-refractivity contribution in [3.8, 4) is 5.75 Å². The zero-order chi connectivity index (χ0) is 11.7. The highest BCUT2D eigenvalue weighted by Crippen LogP contribution is 2.36. The molecule has 1 atom stereocenters. The van der Waals surface area contributed by atoms with Crippen molar-refractivity contribution >= 4 is 27.3 Å². The molecule has 1 aromatic carbocycles. The first-order valence-corrected chi connectivity index (χ1v) is 6.24. The number of hydrogen-bond acceptors (Lipinski definition) is 3. The second kappa shape index (κ2) is 4.53. The molecule has 0 aliphatic rings. The van der Waals surface area contributed by atoms with Crippen LogP contribution in [0, 0.1) is 5.82 Å². The number of phenols is 1. The van der Waals surface area contributed by atoms with Crippen molar-refractivity contribution in [1.29, 1.82) is 0 Å². The number of benzene rings is 1. The highest BCUT2D eigenvalue weighted by atomic mass is 79.9. The van der Waals surface area contributed by atoms with Crippen LogP contribution in [0.4, 0.5) is 4.39 Å². The molecule has 84 valence electrons. The third-order valence-corrected chi connectivity index (χ3v) is 3.99. The van der Waals surface area contributed by atoms with Gasteiger partial charge in [0.1, 0.15) is 11.6 Å². The fourth-order valence-corrected chi connectivity index (χ4v) is 2.53. The first-order valence-electron chi connectivity index (χ1n) is 4.57. The maximum absolute atomic E-state index is 13.1. The highest BCUT2D eigenvalue weighted by Gasteiger charge is 2.17. The van der Waals surface area contributed by atoms with Crippen molar-refractivity contribution < 1.29 is 9.50 Å². The van der Waals surface area contributed by atoms with Gasteiger partial charge in [0.05, 0.1) is 10.5 Å². The summed E-state index contributed by atoms with van der Waals surface area (Å²) in [5, 5.41) is 11.7. The Morgan fingerprint density at radius 2 is 2.12 bits per heavy atom. The maximum Gasteiger partial charge on any atom is 0.141 e. The van der Waals surface area contributed by atoms with Crippen LogP contribution in [0.15, 0.2) is 34.1 Å². The van der Waals surface area contributed by atoms with Crippen molar-refractivity contribution in [3.63, 3.8) is 0 Å². The normalized spacial score (nSPS) is 12.7. The molecule has 0 bridgehead atoms. The first kappa shape index (κ1) is 11.6. The average Bonchev–Trinajstić information content (AvgIpc) is 2.79. The fraction of sp³-hybridized carbons (Fsp3) is 0.0909. The van der Waals surface area contributed by atoms with E-state index in [1.807, 2.05) is 17.5 Å². The van der Waals surface area contributed by atoms with Crippen LogP contribution in [0.3, 0.4) is 0 Å². The smallest absolute Gasteiger partial charge is 0.141 e. The fourth-order valence-electron chi connectivity index (χ4n) is 1.43. The molecule has 16 heavy (non-hydrogen) atoms. The molecule has 0 aliphatic carbocycles. The Bertz CT molecular complexity index is 501. The van der Waals surface area contributed by atoms with Crippen LogP contribution < -0.4 is 5.73 Å². The van der Waals surface area contributed by atoms with Gasteiger partial charge < -0.3 is 10.8 Å². The summed E-state index contributed by atoms with van der Waals surface area (Å²) >= 11 is 4.48. The predicted molar refractivity (Wildman–Crippen MR) is 66.1 cm³/mol. The topological polar surface area (TPSA) is 46.2 Å². The zero-order valence-corrected chi connectivity index (χ0v) is 10.6. The van der Waals surface area contributed by atoms with Gasteiger partial charge in [-0.25, -0.2) is 4.39 Å². The van der Waals surface area contributed by atoms with Crippen molar-refractivity contribution in [2.24, 2.45) is 5.73 Å². The largest absolute Gasteiger partial charge is 0.506 e. The predicted octanol–water partition coefficient (Wildman–Crippen LogP) is 3.40. The number of phenolic OH excluding ortho intramolecular Hbond substituents is 1. The number of halogens is 2. The molecule has 0 fully saturated rings. The molecule has 0 radical (unpaired) electrons. The minimum atomic E-state index is -0.500. The van der Waals surface area contributed by atoms with E-state index in [1.54, 1.807) is 0 Å². The summed E-state index contributed by atoms with van der Waals surface area (Å²) in [6, 6.07) is 6.12. The number of hydrogen-bond donors (Lipinski definition) is 2. The minimum Gasteiger partial charge on any atom is -0.506 e. The van der Waals surface area contributed by atoms with Gasteiger partial charge in [-0.05, 0) is 33.4 Å². The molecular formula is C11H9BrFNOS. The van der Waals surface area contributed by atoms with Crippen LogP contribution in [0.5, 0.6) is 5.75 Å². The van der Waals surface area contributed by atoms with Gasteiger partial charge in [0.25, 0.3) is 0 Å². The Kier molecular flexibility index (Phi) is 3.28. The van der Waals surface area contributed by atoms with Crippen molar-refractivity contribution in [1.82, 2.24) is 0 Å². The number of nitrogens with two attached hydrogens (primary N) is 1. The molecule has 3 N–H and O–H groups in total. The minimum absolute atomic E-state index is 0.0528. The van der Waals surface area contributed by atoms with Gasteiger partial charge >= 0.3 is 0 Å². The molecule has 5 heteroatoms. The zero-order valence-electron chi connectivity index (χ0n) is 8.15. The lowest BCUT2D eigenvalue weighted by Gasteiger charge is -2.13. The van der Waals surface area contributed by atoms with Gasteiger partial charge in [-0.2, -0.15) is 0 Å². The average molecular weight is 302 g/mol. The Morgan fingerprint density at radius 1 is 1.38 bits per heavy atom. The molecule has 2 aromatic rings. The van der Waals surface area contributed by atoms with Gasteiger partial charge in [0.15, 0.2) is 0 Å². The number of thiophene rings is 1. The van der Waals surface area contributed by atoms with Crippen LogP contribution in [-0.2, 0) is 0 Å². The molecular weight excluding hydrogens is 293 g/mol. The van der Waals surface area contributed by atoms with Crippen molar-refractivity contribution in [3.05, 3.63) is 50.4 Å². The third-order valence-electron chi connectivity index (χ3n) is 2.29. The van der Waals surface area contributed by atoms with Crippen molar-refractivity contribution in [2.75, 3.05) is 0 Å². The lowest BCUT2D eigenvalue weighted by molar-refractivity contribution is 0.454. The summed E-state index contributed by atoms with van der Waals surface area (Å²) in [7, 11) is 0. The lowest BCUT2D eigenvalue weighted by Crippen LogP contribution is -2.10. The first-order chi connectivity index (χ1) is 7.61. The van der Waals surface area contributed by atoms with Gasteiger partial charge in [-0.15, -0.1) is 11.3 Å². The quantitative estimate of drug-likeness (QED) is 0.893. The van der Waals surface area contributed by atoms with E-state index in [0.717, 1.165) is 4.88 Å². The number of aromatic hydroxyl groups is 1. The second-order valence-corrected chi connectivity index (χ2v) is 5.06. The standard InChI is InChI=1S/C11H9BrFNOS/c12-9-7(13)4-3-6(11(9)15)10(14)8-2-1-5-16-8/h1-5,10,15H,14H2/t10-/m1/s1. The highest BCUT2D eigenvalue weighted by molar-refractivity contribution is 9.10. The van der Waals surface area contributed by atoms with Crippen LogP contribution in [-0.4, -0.2) is 5.11 Å². The van der Waals surface area contributed by atoms with E-state index in [9.17, 15) is 9.50 Å². The Morgan fingerprint density at radius 3 is 2.75 bits per heavy atom. The lowest BCUT2D eigenvalue weighted by atomic mass is 10.1. The van der Waals surface area contributed by atoms with E-state index < -0.39 is 11.9 Å². The van der Waals surface area contributed by atoms with Gasteiger partial charge in [0.2, 0.25) is 0 Å². The molecule has 1 aromatic heterocycles. The Labute approximate surface area is 105 Å². The number of rotatable bonds is 2. The summed E-state index contributed by atoms with van der Waals surface area (Å²) in [5.41, 5.74) is 6.50. The summed E-state index contributed by atoms with van der Waals surface area (Å²) in [6.07, 6.45) is 0. The van der Waals surface area contributed by atoms with E-state index in [4.69, 9.17) is 5.73 Å². The molecule has 0 unspecified atom stereocenters. The molecule has 0 saturated heterocycles. The summed E-state index contributed by atoms with van der Waals surface area (Å²) < 4.78 is 13.2. The third kappa shape index (κ3) is 1.98. The molecule has 2 rings (SSSR count). The van der Waals surface area contributed by atoms with E-state index in [0.29, 0.717) is 5.56 Å². The summed E-state index contributed by atoms with van der Waals surface area (Å²) in [6.45, 7) is 0. The van der Waals surface area contributed by atoms with Gasteiger partial charge in [0, 0.05) is 10.4 Å². The van der Waals surface area contributed by atoms with Gasteiger partial charge in [-0.3, -0.25) is 0 Å². The molecule has 0 spiro atoms. The molecule has 2 nitrogen and oxygen atoms in total. The van der Waals surface area contributed by atoms with E-state index in [2.05, 4.69) is 15.9 Å². The summed E-state index contributed by atoms with van der Waals surface area (Å²) in [4.78, 5) is 0.925. The van der Waals surface area contributed by atoms with Crippen LogP contribution in [0.1, 0.15) is 16.5 Å². The second-order valence-electron chi connectivity index (χ2n) is 3.29. The van der Waals surface area contributed by atoms with Crippen molar-refractivity contribution in [2.45, 2.75) is 6.04 Å². The van der Waals surface area contributed by atoms with Gasteiger partial charge in [-0.1, -0.05) is 12.1 Å². The Hall–Kier alpha value is -0.910. The van der Waals surface area contributed by atoms with E-state index in [1.165, 1.54) is 23.5 Å². The van der Waals surface area contributed by atoms with Crippen LogP contribution in [0.25, 0.3) is 0 Å². The van der Waals surface area contributed by atoms with Crippen LogP contribution >= 0.6 is 27.3 Å². The van der Waals surface area contributed by atoms with E-state index in [-0.39, 0.29) is 10.2 Å². The van der Waals surface area contributed by atoms with E-state index >= 15 is 0 Å². The molecule has 0 aliphatic heterocycles. The Balaban J connectivity index is 2.45. The molecule has 0 amide bonds.